The fourth-order valence-corrected chi connectivity index (χ4v) is 10.00. The normalized spacial score (nSPS) is 22.8. The fourth-order valence-electron chi connectivity index (χ4n) is 7.59. The molecule has 2 rings (SSSR count). The van der Waals surface area contributed by atoms with E-state index in [9.17, 15) is 15.0 Å². The lowest BCUT2D eigenvalue weighted by Gasteiger charge is -2.56. The molecule has 0 radical (unpaired) electrons. The molecule has 0 aromatic heterocycles. The van der Waals surface area contributed by atoms with E-state index in [0.717, 1.165) is 60.6 Å². The monoisotopic (exact) mass is 902 g/mol. The summed E-state index contributed by atoms with van der Waals surface area (Å²) in [5.74, 6) is -0.312. The molecule has 0 heterocycles. The van der Waals surface area contributed by atoms with Crippen LogP contribution in [0.15, 0.2) is 74.8 Å². The van der Waals surface area contributed by atoms with Crippen molar-refractivity contribution in [2.75, 3.05) is 19.8 Å². The van der Waals surface area contributed by atoms with Gasteiger partial charge in [-0.05, 0) is 171 Å². The van der Waals surface area contributed by atoms with E-state index in [1.807, 2.05) is 19.1 Å². The van der Waals surface area contributed by atoms with Crippen LogP contribution in [0.1, 0.15) is 151 Å². The number of aliphatic hydroxyl groups excluding tert-OH is 1. The van der Waals surface area contributed by atoms with Crippen LogP contribution in [0, 0.1) is 11.3 Å². The fraction of sp³-hybridized carbons (Fsp3) is 0.694. The number of carbonyl (C=O) groups excluding carboxylic acids is 1. The number of halogens is 1. The minimum atomic E-state index is -2.20. The van der Waals surface area contributed by atoms with Crippen molar-refractivity contribution < 1.29 is 28.6 Å². The van der Waals surface area contributed by atoms with Gasteiger partial charge in [-0.15, -0.1) is 0 Å². The van der Waals surface area contributed by atoms with Crippen LogP contribution in [0.25, 0.3) is 0 Å². The number of allylic oxidation sites excluding steroid dienone is 5. The lowest BCUT2D eigenvalue weighted by atomic mass is 9.53. The largest absolute Gasteiger partial charge is 0.454 e. The number of benzene rings is 1. The molecule has 1 aliphatic rings. The van der Waals surface area contributed by atoms with Crippen molar-refractivity contribution in [3.8, 4) is 0 Å². The summed E-state index contributed by atoms with van der Waals surface area (Å²) < 4.78 is 20.9. The topological polar surface area (TPSA) is 85.2 Å². The number of hydrogen-bond donors (Lipinski definition) is 2. The molecule has 0 bridgehead atoms. The van der Waals surface area contributed by atoms with Gasteiger partial charge in [-0.3, -0.25) is 0 Å². The van der Waals surface area contributed by atoms with Crippen LogP contribution < -0.4 is 0 Å². The summed E-state index contributed by atoms with van der Waals surface area (Å²) in [7, 11) is -4.14. The first kappa shape index (κ1) is 52.5. The van der Waals surface area contributed by atoms with Gasteiger partial charge in [-0.25, -0.2) is 4.79 Å². The summed E-state index contributed by atoms with van der Waals surface area (Å²) >= 11 is 3.47. The highest BCUT2D eigenvalue weighted by molar-refractivity contribution is 9.10. The van der Waals surface area contributed by atoms with E-state index < -0.39 is 33.8 Å². The van der Waals surface area contributed by atoms with Crippen molar-refractivity contribution in [2.45, 2.75) is 189 Å². The van der Waals surface area contributed by atoms with E-state index in [1.165, 1.54) is 16.7 Å². The third-order valence-electron chi connectivity index (χ3n) is 13.7. The van der Waals surface area contributed by atoms with Gasteiger partial charge in [0.25, 0.3) is 0 Å². The van der Waals surface area contributed by atoms with Crippen LogP contribution in [0.4, 0.5) is 0 Å². The van der Waals surface area contributed by atoms with Crippen LogP contribution >= 0.6 is 15.9 Å². The molecule has 0 aliphatic heterocycles. The zero-order valence-corrected chi connectivity index (χ0v) is 43.2. The van der Waals surface area contributed by atoms with Crippen LogP contribution in [-0.4, -0.2) is 64.3 Å². The van der Waals surface area contributed by atoms with Crippen molar-refractivity contribution in [3.05, 3.63) is 80.4 Å². The molecular weight excluding hydrogens is 821 g/mol. The first-order chi connectivity index (χ1) is 26.6. The standard InChI is InChI=1S/C49H83BrO6Si2/c1-36(2)20-17-21-37(3)32-42(56-45(52)40-24-26-41(50)27-25-40)33-38(4)22-18-29-49(35-55-58(15,16)47(9,10)11)44(23-19-31-54-57(13,14)46(6,7)8)43(39(5)34-51)28-30-48(49,12)53/h20,22,24-27,32,42,44,51,53H,17-19,21,23,28-31,33-35H2,1-16H3/b37-32+,38-22+,43-39-/t42-,44+,48-,49+/m0/s1. The average molecular weight is 904 g/mol. The second kappa shape index (κ2) is 22.0. The zero-order valence-electron chi connectivity index (χ0n) is 39.6. The number of aliphatic hydroxyl groups is 2. The SMILES string of the molecule is CC(C)=CCC/C(C)=C/[C@@H](C/C(C)=C/CC[C@@]1(CO[Si](C)(C)C(C)(C)C)[C@H](CCCO[Si](C)(C)C(C)(C)C)/C(=C(/C)CO)CC[C@]1(C)O)OC(=O)c1ccc(Br)cc1. The van der Waals surface area contributed by atoms with Crippen molar-refractivity contribution in [1.29, 1.82) is 0 Å². The minimum absolute atomic E-state index is 0.00820. The van der Waals surface area contributed by atoms with Crippen LogP contribution in [-0.2, 0) is 13.6 Å². The Hall–Kier alpha value is -1.60. The van der Waals surface area contributed by atoms with Gasteiger partial charge < -0.3 is 23.8 Å². The minimum Gasteiger partial charge on any atom is -0.454 e. The molecule has 1 aromatic carbocycles. The van der Waals surface area contributed by atoms with E-state index in [0.29, 0.717) is 31.6 Å². The molecule has 1 fully saturated rings. The molecule has 1 aliphatic carbocycles. The first-order valence-corrected chi connectivity index (χ1v) is 28.4. The molecule has 4 atom stereocenters. The lowest BCUT2D eigenvalue weighted by molar-refractivity contribution is -0.144. The Morgan fingerprint density at radius 1 is 0.914 bits per heavy atom. The summed E-state index contributed by atoms with van der Waals surface area (Å²) in [6.07, 6.45) is 13.2. The van der Waals surface area contributed by atoms with Crippen LogP contribution in [0.2, 0.25) is 36.3 Å². The Bertz CT molecular complexity index is 1600. The van der Waals surface area contributed by atoms with E-state index >= 15 is 0 Å². The van der Waals surface area contributed by atoms with Crippen molar-refractivity contribution in [3.63, 3.8) is 0 Å². The number of carbonyl (C=O) groups is 1. The maximum atomic E-state index is 13.4. The van der Waals surface area contributed by atoms with E-state index in [4.69, 9.17) is 13.6 Å². The van der Waals surface area contributed by atoms with Gasteiger partial charge in [0.05, 0.1) is 17.8 Å². The Morgan fingerprint density at radius 3 is 2.05 bits per heavy atom. The predicted octanol–water partition coefficient (Wildman–Crippen LogP) is 14.1. The maximum Gasteiger partial charge on any atom is 0.338 e. The molecule has 0 saturated heterocycles. The smallest absolute Gasteiger partial charge is 0.338 e. The summed E-state index contributed by atoms with van der Waals surface area (Å²) in [5, 5.41) is 23.4. The van der Waals surface area contributed by atoms with Gasteiger partial charge >= 0.3 is 5.97 Å². The molecule has 9 heteroatoms. The Kier molecular flexibility index (Phi) is 19.9. The molecule has 1 saturated carbocycles. The number of hydrogen-bond acceptors (Lipinski definition) is 6. The zero-order chi connectivity index (χ0) is 44.3. The highest BCUT2D eigenvalue weighted by Crippen LogP contribution is 2.57. The molecule has 58 heavy (non-hydrogen) atoms. The average Bonchev–Trinajstić information content (AvgIpc) is 3.09. The molecule has 1 aromatic rings. The second-order valence-electron chi connectivity index (χ2n) is 20.8. The highest BCUT2D eigenvalue weighted by atomic mass is 79.9. The van der Waals surface area contributed by atoms with Gasteiger partial charge in [-0.2, -0.15) is 0 Å². The van der Waals surface area contributed by atoms with Gasteiger partial charge in [0.15, 0.2) is 16.6 Å². The summed E-state index contributed by atoms with van der Waals surface area (Å²) in [6.45, 7) is 36.6. The summed E-state index contributed by atoms with van der Waals surface area (Å²) in [5.41, 5.74) is 4.86. The van der Waals surface area contributed by atoms with Gasteiger partial charge in [-0.1, -0.05) is 91.9 Å². The lowest BCUT2D eigenvalue weighted by Crippen LogP contribution is -2.59. The number of esters is 1. The third kappa shape index (κ3) is 15.1. The van der Waals surface area contributed by atoms with Gasteiger partial charge in [0.1, 0.15) is 6.10 Å². The molecule has 330 valence electrons. The number of rotatable bonds is 20. The Morgan fingerprint density at radius 2 is 1.50 bits per heavy atom. The quantitative estimate of drug-likeness (QED) is 0.0587. The summed E-state index contributed by atoms with van der Waals surface area (Å²) in [6, 6.07) is 7.30. The maximum absolute atomic E-state index is 13.4. The van der Waals surface area contributed by atoms with Crippen molar-refractivity contribution >= 4 is 38.5 Å². The van der Waals surface area contributed by atoms with Crippen LogP contribution in [0.3, 0.4) is 0 Å². The second-order valence-corrected chi connectivity index (χ2v) is 31.4. The predicted molar refractivity (Wildman–Crippen MR) is 254 cm³/mol. The summed E-state index contributed by atoms with van der Waals surface area (Å²) in [4.78, 5) is 13.4. The Balaban J connectivity index is 2.57. The van der Waals surface area contributed by atoms with E-state index in [-0.39, 0.29) is 28.6 Å². The van der Waals surface area contributed by atoms with Crippen molar-refractivity contribution in [1.82, 2.24) is 0 Å². The highest BCUT2D eigenvalue weighted by Gasteiger charge is 2.56. The molecule has 0 amide bonds. The first-order valence-electron chi connectivity index (χ1n) is 21.8. The van der Waals surface area contributed by atoms with Crippen LogP contribution in [0.5, 0.6) is 0 Å². The van der Waals surface area contributed by atoms with Gasteiger partial charge in [0, 0.05) is 29.5 Å². The molecule has 2 N–H and O–H groups in total. The molecule has 0 unspecified atom stereocenters. The molecular formula is C49H83BrO6Si2. The van der Waals surface area contributed by atoms with E-state index in [1.54, 1.807) is 12.1 Å². The Labute approximate surface area is 365 Å². The molecule has 6 nitrogen and oxygen atoms in total. The van der Waals surface area contributed by atoms with E-state index in [2.05, 4.69) is 137 Å². The van der Waals surface area contributed by atoms with Gasteiger partial charge in [0.2, 0.25) is 0 Å². The van der Waals surface area contributed by atoms with Crippen molar-refractivity contribution in [2.24, 2.45) is 11.3 Å². The number of ether oxygens (including phenoxy) is 1. The molecule has 0 spiro atoms. The third-order valence-corrected chi connectivity index (χ3v) is 23.3.